The van der Waals surface area contributed by atoms with E-state index in [-0.39, 0.29) is 29.6 Å². The Hall–Kier alpha value is 0.750. The van der Waals surface area contributed by atoms with Crippen LogP contribution in [0.5, 0.6) is 0 Å². The monoisotopic (exact) mass is 225 g/mol. The fourth-order valence-corrected chi connectivity index (χ4v) is 2.27. The molecule has 0 bridgehead atoms. The van der Waals surface area contributed by atoms with Gasteiger partial charge >= 0.3 is 29.6 Å². The van der Waals surface area contributed by atoms with Gasteiger partial charge in [0.2, 0.25) is 0 Å². The summed E-state index contributed by atoms with van der Waals surface area (Å²) in [6.07, 6.45) is 0. The molecular weight excluding hydrogens is 221 g/mol. The van der Waals surface area contributed by atoms with Gasteiger partial charge in [-0.2, -0.15) is 0 Å². The first-order valence-corrected chi connectivity index (χ1v) is 4.65. The Morgan fingerprint density at radius 2 is 2.17 bits per heavy atom. The van der Waals surface area contributed by atoms with Crippen molar-refractivity contribution in [3.63, 3.8) is 0 Å². The Kier molecular flexibility index (Phi) is 3.89. The first kappa shape index (κ1) is 10.8. The van der Waals surface area contributed by atoms with Gasteiger partial charge in [-0.3, -0.25) is 0 Å². The van der Waals surface area contributed by atoms with Gasteiger partial charge in [-0.05, 0) is 18.2 Å². The summed E-state index contributed by atoms with van der Waals surface area (Å²) < 4.78 is 1.87. The third-order valence-corrected chi connectivity index (χ3v) is 2.77. The van der Waals surface area contributed by atoms with Crippen LogP contribution in [0.4, 0.5) is 0 Å². The van der Waals surface area contributed by atoms with E-state index < -0.39 is 0 Å². The van der Waals surface area contributed by atoms with Crippen LogP contribution < -0.4 is 0 Å². The molecular formula is C7H5ClNNaS2. The van der Waals surface area contributed by atoms with Crippen molar-refractivity contribution in [3.05, 3.63) is 23.2 Å². The van der Waals surface area contributed by atoms with Crippen molar-refractivity contribution in [2.75, 3.05) is 0 Å². The second-order valence-corrected chi connectivity index (χ2v) is 4.30. The van der Waals surface area contributed by atoms with Crippen molar-refractivity contribution in [2.45, 2.75) is 4.34 Å². The number of hydrogen-bond acceptors (Lipinski definition) is 3. The minimum atomic E-state index is 0. The molecule has 0 spiro atoms. The number of thiol groups is 1. The quantitative estimate of drug-likeness (QED) is 0.537. The van der Waals surface area contributed by atoms with Crippen molar-refractivity contribution in [1.29, 1.82) is 0 Å². The van der Waals surface area contributed by atoms with Crippen molar-refractivity contribution in [1.82, 2.24) is 4.98 Å². The molecule has 58 valence electrons. The van der Waals surface area contributed by atoms with E-state index in [4.69, 9.17) is 11.6 Å². The minimum absolute atomic E-state index is 0. The van der Waals surface area contributed by atoms with E-state index in [1.807, 2.05) is 18.2 Å². The molecule has 2 rings (SSSR count). The molecule has 0 amide bonds. The molecule has 0 radical (unpaired) electrons. The predicted molar refractivity (Wildman–Crippen MR) is 59.0 cm³/mol. The van der Waals surface area contributed by atoms with E-state index in [0.717, 1.165) is 19.6 Å². The molecule has 0 N–H and O–H groups in total. The van der Waals surface area contributed by atoms with Crippen LogP contribution in [-0.4, -0.2) is 34.5 Å². The number of rotatable bonds is 0. The van der Waals surface area contributed by atoms with Crippen molar-refractivity contribution < 1.29 is 0 Å². The van der Waals surface area contributed by atoms with E-state index in [2.05, 4.69) is 17.6 Å². The second kappa shape index (κ2) is 4.31. The van der Waals surface area contributed by atoms with Gasteiger partial charge in [-0.15, -0.1) is 24.0 Å². The van der Waals surface area contributed by atoms with Gasteiger partial charge < -0.3 is 0 Å². The molecule has 0 saturated carbocycles. The number of nitrogens with zero attached hydrogens (tertiary/aromatic N) is 1. The number of thiazole rings is 1. The molecule has 0 aliphatic carbocycles. The van der Waals surface area contributed by atoms with Gasteiger partial charge in [0.15, 0.2) is 0 Å². The fourth-order valence-electron chi connectivity index (χ4n) is 0.886. The third-order valence-electron chi connectivity index (χ3n) is 1.34. The summed E-state index contributed by atoms with van der Waals surface area (Å²) in [5, 5.41) is 0.745. The molecule has 0 aliphatic rings. The first-order chi connectivity index (χ1) is 5.25. The molecule has 1 aromatic heterocycles. The summed E-state index contributed by atoms with van der Waals surface area (Å²) in [4.78, 5) is 4.18. The SMILES string of the molecule is Sc1nc2ccc(Cl)cc2s1.[NaH]. The summed E-state index contributed by atoms with van der Waals surface area (Å²) in [7, 11) is 0. The summed E-state index contributed by atoms with van der Waals surface area (Å²) in [5.74, 6) is 0. The molecule has 5 heteroatoms. The molecule has 0 saturated heterocycles. The zero-order chi connectivity index (χ0) is 7.84. The summed E-state index contributed by atoms with van der Waals surface area (Å²) in [6, 6.07) is 5.62. The summed E-state index contributed by atoms with van der Waals surface area (Å²) >= 11 is 11.5. The molecule has 1 heterocycles. The second-order valence-electron chi connectivity index (χ2n) is 2.11. The van der Waals surface area contributed by atoms with Gasteiger partial charge in [0.25, 0.3) is 0 Å². The predicted octanol–water partition coefficient (Wildman–Crippen LogP) is 2.59. The zero-order valence-electron chi connectivity index (χ0n) is 5.41. The number of hydrogen-bond donors (Lipinski definition) is 1. The molecule has 1 nitrogen and oxygen atoms in total. The van der Waals surface area contributed by atoms with E-state index in [9.17, 15) is 0 Å². The van der Waals surface area contributed by atoms with Crippen LogP contribution in [0.1, 0.15) is 0 Å². The van der Waals surface area contributed by atoms with Gasteiger partial charge in [0.1, 0.15) is 4.34 Å². The normalized spacial score (nSPS) is 9.83. The Labute approximate surface area is 107 Å². The van der Waals surface area contributed by atoms with Crippen molar-refractivity contribution in [2.24, 2.45) is 0 Å². The average Bonchev–Trinajstić information content (AvgIpc) is 2.27. The Morgan fingerprint density at radius 1 is 1.42 bits per heavy atom. The van der Waals surface area contributed by atoms with Crippen LogP contribution >= 0.6 is 35.6 Å². The van der Waals surface area contributed by atoms with Gasteiger partial charge in [-0.25, -0.2) is 4.98 Å². The van der Waals surface area contributed by atoms with Crippen LogP contribution in [0.2, 0.25) is 5.02 Å². The molecule has 12 heavy (non-hydrogen) atoms. The Morgan fingerprint density at radius 3 is 2.92 bits per heavy atom. The molecule has 2 aromatic rings. The van der Waals surface area contributed by atoms with Crippen LogP contribution in [-0.2, 0) is 0 Å². The summed E-state index contributed by atoms with van der Waals surface area (Å²) in [5.41, 5.74) is 0.962. The van der Waals surface area contributed by atoms with E-state index in [1.165, 1.54) is 11.3 Å². The topological polar surface area (TPSA) is 12.9 Å². The molecule has 0 atom stereocenters. The van der Waals surface area contributed by atoms with E-state index in [1.54, 1.807) is 0 Å². The van der Waals surface area contributed by atoms with Gasteiger partial charge in [0.05, 0.1) is 10.2 Å². The third kappa shape index (κ3) is 2.16. The maximum atomic E-state index is 5.78. The first-order valence-electron chi connectivity index (χ1n) is 3.01. The van der Waals surface area contributed by atoms with Crippen molar-refractivity contribution >= 4 is 75.3 Å². The van der Waals surface area contributed by atoms with Crippen LogP contribution in [0.15, 0.2) is 22.5 Å². The average molecular weight is 226 g/mol. The maximum absolute atomic E-state index is 5.78. The molecule has 0 unspecified atom stereocenters. The van der Waals surface area contributed by atoms with Crippen molar-refractivity contribution in [3.8, 4) is 0 Å². The van der Waals surface area contributed by atoms with Crippen LogP contribution in [0.25, 0.3) is 10.2 Å². The van der Waals surface area contributed by atoms with Gasteiger partial charge in [-0.1, -0.05) is 11.6 Å². The number of aromatic nitrogens is 1. The number of halogens is 1. The Balaban J connectivity index is 0.000000720. The van der Waals surface area contributed by atoms with E-state index in [0.29, 0.717) is 0 Å². The van der Waals surface area contributed by atoms with Crippen LogP contribution in [0.3, 0.4) is 0 Å². The van der Waals surface area contributed by atoms with Gasteiger partial charge in [0, 0.05) is 5.02 Å². The summed E-state index contributed by atoms with van der Waals surface area (Å²) in [6.45, 7) is 0. The van der Waals surface area contributed by atoms with Crippen LogP contribution in [0, 0.1) is 0 Å². The number of fused-ring (bicyclic) bond motifs is 1. The molecule has 0 aliphatic heterocycles. The molecule has 1 aromatic carbocycles. The van der Waals surface area contributed by atoms with E-state index >= 15 is 0 Å². The standard InChI is InChI=1S/C7H4ClNS2.Na.H/c8-4-1-2-5-6(3-4)11-7(10)9-5;;/h1-3H,(H,9,10);;. The Bertz CT molecular complexity index is 401. The fraction of sp³-hybridized carbons (Fsp3) is 0. The zero-order valence-corrected chi connectivity index (χ0v) is 7.88. The molecule has 0 fully saturated rings. The number of benzene rings is 1.